The molecule has 0 spiro atoms. The van der Waals surface area contributed by atoms with E-state index in [1.54, 1.807) is 19.1 Å². The van der Waals surface area contributed by atoms with Crippen molar-refractivity contribution in [3.05, 3.63) is 36.5 Å². The van der Waals surface area contributed by atoms with Crippen LogP contribution < -0.4 is 0 Å². The van der Waals surface area contributed by atoms with Crippen molar-refractivity contribution in [3.63, 3.8) is 0 Å². The van der Waals surface area contributed by atoms with Crippen LogP contribution in [-0.2, 0) is 4.79 Å². The van der Waals surface area contributed by atoms with Gasteiger partial charge in [0, 0.05) is 5.57 Å². The number of allylic oxidation sites excluding steroid dienone is 4. The number of rotatable bonds is 9. The largest absolute Gasteiger partial charge is 0.298 e. The molecule has 22 heavy (non-hydrogen) atoms. The molecule has 0 saturated heterocycles. The van der Waals surface area contributed by atoms with Gasteiger partial charge in [-0.1, -0.05) is 32.6 Å². The SMILES string of the molecule is C=CC(/C=C\C(C)C)=NC(N(C)C)N(C)C(Cl)C(C=O)=CC. The van der Waals surface area contributed by atoms with Crippen LogP contribution in [0, 0.1) is 5.92 Å². The highest BCUT2D eigenvalue weighted by atomic mass is 35.5. The van der Waals surface area contributed by atoms with Gasteiger partial charge in [0.15, 0.2) is 6.29 Å². The molecule has 0 fully saturated rings. The van der Waals surface area contributed by atoms with E-state index in [-0.39, 0.29) is 6.29 Å². The summed E-state index contributed by atoms with van der Waals surface area (Å²) >= 11 is 6.38. The lowest BCUT2D eigenvalue weighted by Crippen LogP contribution is -2.46. The van der Waals surface area contributed by atoms with E-state index in [1.165, 1.54) is 0 Å². The van der Waals surface area contributed by atoms with E-state index in [0.717, 1.165) is 12.0 Å². The predicted octanol–water partition coefficient (Wildman–Crippen LogP) is 3.31. The van der Waals surface area contributed by atoms with Gasteiger partial charge in [-0.15, -0.1) is 11.6 Å². The van der Waals surface area contributed by atoms with Gasteiger partial charge in [-0.05, 0) is 46.1 Å². The Balaban J connectivity index is 5.45. The molecule has 2 unspecified atom stereocenters. The molecular weight excluding hydrogens is 298 g/mol. The third kappa shape index (κ3) is 6.69. The highest BCUT2D eigenvalue weighted by Gasteiger charge is 2.24. The van der Waals surface area contributed by atoms with Gasteiger partial charge >= 0.3 is 0 Å². The molecule has 0 aliphatic heterocycles. The van der Waals surface area contributed by atoms with Crippen molar-refractivity contribution in [1.29, 1.82) is 0 Å². The molecule has 0 N–H and O–H groups in total. The standard InChI is InChI=1S/C17H28ClN3O/c1-8-14(12-22)16(18)21(7)17(20(5)6)19-15(9-2)11-10-13(3)4/h8-13,16-17H,2H2,1,3-7H3/b11-10-,14-8?,19-15?. The molecule has 0 rings (SSSR count). The highest BCUT2D eigenvalue weighted by Crippen LogP contribution is 2.17. The Kier molecular flexibility index (Phi) is 9.90. The topological polar surface area (TPSA) is 35.9 Å². The normalized spacial score (nSPS) is 16.6. The Hall–Kier alpha value is -1.23. The summed E-state index contributed by atoms with van der Waals surface area (Å²) in [5.41, 5.74) is 0.749. The molecule has 124 valence electrons. The molecule has 2 atom stereocenters. The molecule has 5 heteroatoms. The number of aldehydes is 1. The number of halogens is 1. The summed E-state index contributed by atoms with van der Waals surface area (Å²) in [5.74, 6) is 0.436. The fourth-order valence-electron chi connectivity index (χ4n) is 1.77. The van der Waals surface area contributed by atoms with E-state index in [1.807, 2.05) is 37.0 Å². The molecule has 0 aliphatic rings. The molecule has 0 aliphatic carbocycles. The fourth-order valence-corrected chi connectivity index (χ4v) is 2.05. The number of likely N-dealkylation sites (N-methyl/N-ethyl adjacent to an activating group) is 1. The van der Waals surface area contributed by atoms with Gasteiger partial charge in [-0.2, -0.15) is 0 Å². The molecular formula is C17H28ClN3O. The second-order valence-electron chi connectivity index (χ2n) is 5.58. The van der Waals surface area contributed by atoms with Crippen LogP contribution in [-0.4, -0.2) is 54.7 Å². The molecule has 0 aromatic carbocycles. The van der Waals surface area contributed by atoms with E-state index in [9.17, 15) is 4.79 Å². The monoisotopic (exact) mass is 325 g/mol. The van der Waals surface area contributed by atoms with Crippen molar-refractivity contribution in [2.24, 2.45) is 10.9 Å². The van der Waals surface area contributed by atoms with Crippen molar-refractivity contribution >= 4 is 23.6 Å². The Labute approximate surface area is 139 Å². The fraction of sp³-hybridized carbons (Fsp3) is 0.529. The van der Waals surface area contributed by atoms with Crippen molar-refractivity contribution < 1.29 is 4.79 Å². The van der Waals surface area contributed by atoms with Crippen LogP contribution in [0.3, 0.4) is 0 Å². The first-order chi connectivity index (χ1) is 10.3. The van der Waals surface area contributed by atoms with Gasteiger partial charge in [-0.25, -0.2) is 0 Å². The van der Waals surface area contributed by atoms with E-state index in [2.05, 4.69) is 31.5 Å². The smallest absolute Gasteiger partial charge is 0.159 e. The van der Waals surface area contributed by atoms with Crippen LogP contribution in [0.5, 0.6) is 0 Å². The van der Waals surface area contributed by atoms with Gasteiger partial charge in [0.25, 0.3) is 0 Å². The van der Waals surface area contributed by atoms with Crippen molar-refractivity contribution in [2.75, 3.05) is 21.1 Å². The van der Waals surface area contributed by atoms with E-state index >= 15 is 0 Å². The van der Waals surface area contributed by atoms with Crippen molar-refractivity contribution in [2.45, 2.75) is 32.6 Å². The zero-order chi connectivity index (χ0) is 17.3. The molecule has 0 aromatic rings. The number of carbonyl (C=O) groups is 1. The van der Waals surface area contributed by atoms with Gasteiger partial charge in [-0.3, -0.25) is 19.6 Å². The number of nitrogens with zero attached hydrogens (tertiary/aromatic N) is 3. The highest BCUT2D eigenvalue weighted by molar-refractivity contribution is 6.24. The average Bonchev–Trinajstić information content (AvgIpc) is 2.47. The molecule has 0 heterocycles. The first kappa shape index (κ1) is 20.8. The summed E-state index contributed by atoms with van der Waals surface area (Å²) in [6.45, 7) is 9.80. The number of carbonyl (C=O) groups excluding carboxylic acids is 1. The minimum Gasteiger partial charge on any atom is -0.298 e. The quantitative estimate of drug-likeness (QED) is 0.163. The second-order valence-corrected chi connectivity index (χ2v) is 5.99. The summed E-state index contributed by atoms with van der Waals surface area (Å²) in [4.78, 5) is 19.5. The van der Waals surface area contributed by atoms with Crippen molar-refractivity contribution in [1.82, 2.24) is 9.80 Å². The maximum absolute atomic E-state index is 11.1. The summed E-state index contributed by atoms with van der Waals surface area (Å²) in [5, 5.41) is 0. The Morgan fingerprint density at radius 1 is 1.27 bits per heavy atom. The first-order valence-electron chi connectivity index (χ1n) is 7.30. The summed E-state index contributed by atoms with van der Waals surface area (Å²) < 4.78 is 0. The van der Waals surface area contributed by atoms with E-state index < -0.39 is 5.50 Å². The van der Waals surface area contributed by atoms with Crippen LogP contribution in [0.2, 0.25) is 0 Å². The van der Waals surface area contributed by atoms with Crippen LogP contribution >= 0.6 is 11.6 Å². The molecule has 0 aromatic heterocycles. The minimum absolute atomic E-state index is 0.304. The van der Waals surface area contributed by atoms with Gasteiger partial charge in [0.1, 0.15) is 11.8 Å². The van der Waals surface area contributed by atoms with Crippen LogP contribution in [0.25, 0.3) is 0 Å². The number of hydrogen-bond acceptors (Lipinski definition) is 4. The van der Waals surface area contributed by atoms with Gasteiger partial charge in [0.2, 0.25) is 0 Å². The average molecular weight is 326 g/mol. The van der Waals surface area contributed by atoms with E-state index in [0.29, 0.717) is 11.5 Å². The third-order valence-corrected chi connectivity index (χ3v) is 3.61. The zero-order valence-electron chi connectivity index (χ0n) is 14.5. The minimum atomic E-state index is -0.543. The lowest BCUT2D eigenvalue weighted by molar-refractivity contribution is -0.105. The van der Waals surface area contributed by atoms with Crippen LogP contribution in [0.15, 0.2) is 41.4 Å². The van der Waals surface area contributed by atoms with Gasteiger partial charge < -0.3 is 0 Å². The molecule has 0 amide bonds. The number of alkyl halides is 1. The molecule has 0 bridgehead atoms. The molecule has 0 saturated carbocycles. The summed E-state index contributed by atoms with van der Waals surface area (Å²) in [7, 11) is 5.67. The number of aliphatic imine (C=N–C) groups is 1. The first-order valence-corrected chi connectivity index (χ1v) is 7.74. The second kappa shape index (κ2) is 10.5. The van der Waals surface area contributed by atoms with Crippen LogP contribution in [0.1, 0.15) is 20.8 Å². The van der Waals surface area contributed by atoms with Crippen LogP contribution in [0.4, 0.5) is 0 Å². The lowest BCUT2D eigenvalue weighted by Gasteiger charge is -2.33. The lowest BCUT2D eigenvalue weighted by atomic mass is 10.2. The zero-order valence-corrected chi connectivity index (χ0v) is 15.2. The van der Waals surface area contributed by atoms with Gasteiger partial charge in [0.05, 0.1) is 5.71 Å². The Morgan fingerprint density at radius 3 is 2.23 bits per heavy atom. The predicted molar refractivity (Wildman–Crippen MR) is 96.3 cm³/mol. The molecule has 0 radical (unpaired) electrons. The number of hydrogen-bond donors (Lipinski definition) is 0. The van der Waals surface area contributed by atoms with E-state index in [4.69, 9.17) is 11.6 Å². The van der Waals surface area contributed by atoms with Crippen molar-refractivity contribution in [3.8, 4) is 0 Å². The summed E-state index contributed by atoms with van der Waals surface area (Å²) in [6, 6.07) is 0. The Bertz CT molecular complexity index is 453. The third-order valence-electron chi connectivity index (χ3n) is 3.05. The Morgan fingerprint density at radius 2 is 1.86 bits per heavy atom. The maximum atomic E-state index is 11.1. The summed E-state index contributed by atoms with van der Waals surface area (Å²) in [6.07, 6.45) is 7.91. The maximum Gasteiger partial charge on any atom is 0.159 e. The molecule has 4 nitrogen and oxygen atoms in total.